The minimum atomic E-state index is -0.119. The normalized spacial score (nSPS) is 10.3. The van der Waals surface area contributed by atoms with Gasteiger partial charge in [0, 0.05) is 26.0 Å². The topological polar surface area (TPSA) is 51.3 Å². The molecule has 4 heteroatoms. The van der Waals surface area contributed by atoms with Crippen LogP contribution in [0, 0.1) is 0 Å². The number of aromatic nitrogens is 1. The van der Waals surface area contributed by atoms with Gasteiger partial charge in [-0.25, -0.2) is 0 Å². The number of pyridine rings is 1. The van der Waals surface area contributed by atoms with E-state index in [-0.39, 0.29) is 5.56 Å². The van der Waals surface area contributed by atoms with Gasteiger partial charge in [-0.1, -0.05) is 0 Å². The van der Waals surface area contributed by atoms with E-state index in [4.69, 9.17) is 9.47 Å². The molecule has 0 amide bonds. The molecule has 0 saturated carbocycles. The van der Waals surface area contributed by atoms with E-state index in [1.807, 2.05) is 0 Å². The molecule has 0 fully saturated rings. The van der Waals surface area contributed by atoms with Gasteiger partial charge >= 0.3 is 0 Å². The lowest BCUT2D eigenvalue weighted by atomic mass is 10.2. The number of hydrogen-bond donors (Lipinski definition) is 1. The van der Waals surface area contributed by atoms with Gasteiger partial charge < -0.3 is 14.5 Å². The van der Waals surface area contributed by atoms with Crippen LogP contribution in [0.5, 0.6) is 0 Å². The zero-order chi connectivity index (χ0) is 9.68. The van der Waals surface area contributed by atoms with Gasteiger partial charge in [0.25, 0.3) is 0 Å². The second-order valence-electron chi connectivity index (χ2n) is 2.69. The largest absolute Gasteiger partial charge is 0.380 e. The van der Waals surface area contributed by atoms with Crippen LogP contribution in [0.15, 0.2) is 16.9 Å². The number of hydrogen-bond acceptors (Lipinski definition) is 3. The maximum atomic E-state index is 11.0. The first-order valence-corrected chi connectivity index (χ1v) is 3.97. The standard InChI is InChI=1S/C9H13NO3/c1-12-5-7-3-4-9(11)10-8(7)6-13-2/h3-4H,5-6H2,1-2H3,(H,10,11). The number of H-pyrrole nitrogens is 1. The SMILES string of the molecule is COCc1ccc(=O)[nH]c1COC. The summed E-state index contributed by atoms with van der Waals surface area (Å²) in [5.41, 5.74) is 1.60. The lowest BCUT2D eigenvalue weighted by molar-refractivity contribution is 0.165. The highest BCUT2D eigenvalue weighted by Gasteiger charge is 2.02. The van der Waals surface area contributed by atoms with E-state index in [2.05, 4.69) is 4.98 Å². The fraction of sp³-hybridized carbons (Fsp3) is 0.444. The average molecular weight is 183 g/mol. The summed E-state index contributed by atoms with van der Waals surface area (Å²) >= 11 is 0. The van der Waals surface area contributed by atoms with Crippen molar-refractivity contribution < 1.29 is 9.47 Å². The van der Waals surface area contributed by atoms with Gasteiger partial charge in [0.15, 0.2) is 0 Å². The summed E-state index contributed by atoms with van der Waals surface area (Å²) in [6.45, 7) is 0.879. The van der Waals surface area contributed by atoms with Gasteiger partial charge in [-0.05, 0) is 11.6 Å². The molecule has 1 aromatic rings. The maximum absolute atomic E-state index is 11.0. The molecular weight excluding hydrogens is 170 g/mol. The molecule has 0 aliphatic heterocycles. The number of aromatic amines is 1. The Morgan fingerprint density at radius 2 is 1.92 bits per heavy atom. The number of nitrogens with one attached hydrogen (secondary N) is 1. The summed E-state index contributed by atoms with van der Waals surface area (Å²) < 4.78 is 9.92. The minimum Gasteiger partial charge on any atom is -0.380 e. The van der Waals surface area contributed by atoms with Crippen molar-refractivity contribution in [2.45, 2.75) is 13.2 Å². The molecule has 0 aliphatic rings. The lowest BCUT2D eigenvalue weighted by Gasteiger charge is -2.06. The van der Waals surface area contributed by atoms with Crippen molar-refractivity contribution in [1.82, 2.24) is 4.98 Å². The molecule has 0 radical (unpaired) electrons. The molecule has 1 N–H and O–H groups in total. The summed E-state index contributed by atoms with van der Waals surface area (Å²) in [5.74, 6) is 0. The summed E-state index contributed by atoms with van der Waals surface area (Å²) in [5, 5.41) is 0. The first-order chi connectivity index (χ1) is 6.27. The van der Waals surface area contributed by atoms with Crippen LogP contribution in [0.3, 0.4) is 0 Å². The molecule has 0 spiro atoms. The molecule has 1 heterocycles. The van der Waals surface area contributed by atoms with Crippen molar-refractivity contribution >= 4 is 0 Å². The van der Waals surface area contributed by atoms with Gasteiger partial charge in [-0.3, -0.25) is 4.79 Å². The molecule has 0 unspecified atom stereocenters. The van der Waals surface area contributed by atoms with Crippen molar-refractivity contribution in [2.75, 3.05) is 14.2 Å². The molecule has 0 bridgehead atoms. The molecule has 1 aromatic heterocycles. The molecule has 0 aliphatic carbocycles. The van der Waals surface area contributed by atoms with E-state index < -0.39 is 0 Å². The molecule has 0 atom stereocenters. The number of ether oxygens (including phenoxy) is 2. The Kier molecular flexibility index (Phi) is 3.67. The Bertz CT molecular complexity index is 319. The lowest BCUT2D eigenvalue weighted by Crippen LogP contribution is -2.11. The van der Waals surface area contributed by atoms with E-state index in [1.54, 1.807) is 20.3 Å². The highest BCUT2D eigenvalue weighted by atomic mass is 16.5. The van der Waals surface area contributed by atoms with E-state index in [9.17, 15) is 4.79 Å². The highest BCUT2D eigenvalue weighted by molar-refractivity contribution is 5.18. The van der Waals surface area contributed by atoms with Crippen LogP contribution >= 0.6 is 0 Å². The Morgan fingerprint density at radius 3 is 2.54 bits per heavy atom. The van der Waals surface area contributed by atoms with Crippen LogP contribution in [-0.2, 0) is 22.7 Å². The molecule has 72 valence electrons. The van der Waals surface area contributed by atoms with Crippen molar-refractivity contribution in [3.05, 3.63) is 33.7 Å². The summed E-state index contributed by atoms with van der Waals surface area (Å²) in [7, 11) is 3.20. The van der Waals surface area contributed by atoms with Crippen LogP contribution in [-0.4, -0.2) is 19.2 Å². The summed E-state index contributed by atoms with van der Waals surface area (Å²) in [6.07, 6.45) is 0. The quantitative estimate of drug-likeness (QED) is 0.746. The van der Waals surface area contributed by atoms with Crippen LogP contribution in [0.4, 0.5) is 0 Å². The predicted molar refractivity (Wildman–Crippen MR) is 48.5 cm³/mol. The summed E-state index contributed by atoms with van der Waals surface area (Å²) in [4.78, 5) is 13.7. The average Bonchev–Trinajstić information content (AvgIpc) is 2.10. The molecular formula is C9H13NO3. The van der Waals surface area contributed by atoms with Gasteiger partial charge in [0.1, 0.15) is 0 Å². The fourth-order valence-corrected chi connectivity index (χ4v) is 1.11. The number of rotatable bonds is 4. The number of methoxy groups -OCH3 is 2. The Morgan fingerprint density at radius 1 is 1.23 bits per heavy atom. The van der Waals surface area contributed by atoms with Gasteiger partial charge in [-0.2, -0.15) is 0 Å². The first-order valence-electron chi connectivity index (χ1n) is 3.97. The van der Waals surface area contributed by atoms with Crippen LogP contribution in [0.1, 0.15) is 11.3 Å². The third kappa shape index (κ3) is 2.68. The third-order valence-corrected chi connectivity index (χ3v) is 1.69. The van der Waals surface area contributed by atoms with Crippen molar-refractivity contribution in [3.8, 4) is 0 Å². The van der Waals surface area contributed by atoms with Crippen LogP contribution < -0.4 is 5.56 Å². The van der Waals surface area contributed by atoms with Crippen LogP contribution in [0.25, 0.3) is 0 Å². The molecule has 1 rings (SSSR count). The Labute approximate surface area is 76.5 Å². The molecule has 4 nitrogen and oxygen atoms in total. The maximum Gasteiger partial charge on any atom is 0.248 e. The van der Waals surface area contributed by atoms with E-state index >= 15 is 0 Å². The fourth-order valence-electron chi connectivity index (χ4n) is 1.11. The Balaban J connectivity index is 2.96. The van der Waals surface area contributed by atoms with Crippen LogP contribution in [0.2, 0.25) is 0 Å². The zero-order valence-electron chi connectivity index (χ0n) is 7.79. The van der Waals surface area contributed by atoms with E-state index in [1.165, 1.54) is 6.07 Å². The van der Waals surface area contributed by atoms with E-state index in [0.29, 0.717) is 13.2 Å². The molecule has 13 heavy (non-hydrogen) atoms. The predicted octanol–water partition coefficient (Wildman–Crippen LogP) is 0.668. The second-order valence-corrected chi connectivity index (χ2v) is 2.69. The Hall–Kier alpha value is -1.13. The summed E-state index contributed by atoms with van der Waals surface area (Å²) in [6, 6.07) is 3.23. The zero-order valence-corrected chi connectivity index (χ0v) is 7.79. The van der Waals surface area contributed by atoms with Gasteiger partial charge in [-0.15, -0.1) is 0 Å². The van der Waals surface area contributed by atoms with E-state index in [0.717, 1.165) is 11.3 Å². The molecule has 0 aromatic carbocycles. The second kappa shape index (κ2) is 4.79. The minimum absolute atomic E-state index is 0.119. The third-order valence-electron chi connectivity index (χ3n) is 1.69. The van der Waals surface area contributed by atoms with Crippen molar-refractivity contribution in [1.29, 1.82) is 0 Å². The smallest absolute Gasteiger partial charge is 0.248 e. The van der Waals surface area contributed by atoms with Gasteiger partial charge in [0.05, 0.1) is 13.2 Å². The molecule has 0 saturated heterocycles. The van der Waals surface area contributed by atoms with Crippen molar-refractivity contribution in [3.63, 3.8) is 0 Å². The first kappa shape index (κ1) is 9.95. The monoisotopic (exact) mass is 183 g/mol. The van der Waals surface area contributed by atoms with Crippen molar-refractivity contribution in [2.24, 2.45) is 0 Å². The van der Waals surface area contributed by atoms with Gasteiger partial charge in [0.2, 0.25) is 5.56 Å². The highest BCUT2D eigenvalue weighted by Crippen LogP contribution is 2.05.